The van der Waals surface area contributed by atoms with Crippen molar-refractivity contribution in [1.82, 2.24) is 15.1 Å². The SMILES string of the molecule is O=C(C[C@@H]1NC(=O)N(Cc2ccccc2)C1=O)N1CCO[C@@H](c2ccccc2)C1. The maximum atomic E-state index is 12.8. The summed E-state index contributed by atoms with van der Waals surface area (Å²) in [6, 6.07) is 17.8. The van der Waals surface area contributed by atoms with Gasteiger partial charge in [-0.25, -0.2) is 4.79 Å². The third kappa shape index (κ3) is 4.30. The monoisotopic (exact) mass is 393 g/mol. The lowest BCUT2D eigenvalue weighted by Crippen LogP contribution is -2.45. The van der Waals surface area contributed by atoms with Crippen LogP contribution in [0.15, 0.2) is 60.7 Å². The van der Waals surface area contributed by atoms with Gasteiger partial charge in [-0.3, -0.25) is 14.5 Å². The van der Waals surface area contributed by atoms with Gasteiger partial charge in [-0.15, -0.1) is 0 Å². The standard InChI is InChI=1S/C22H23N3O4/c26-20(24-11-12-29-19(15-24)17-9-5-2-6-10-17)13-18-21(27)25(22(28)23-18)14-16-7-3-1-4-8-16/h1-10,18-19H,11-15H2,(H,23,28)/t18-,19+/m0/s1. The second kappa shape index (κ2) is 8.45. The number of carbonyl (C=O) groups excluding carboxylic acids is 3. The fourth-order valence-electron chi connectivity index (χ4n) is 3.68. The summed E-state index contributed by atoms with van der Waals surface area (Å²) in [7, 11) is 0. The van der Waals surface area contributed by atoms with Crippen molar-refractivity contribution in [2.75, 3.05) is 19.7 Å². The minimum atomic E-state index is -0.822. The zero-order valence-corrected chi connectivity index (χ0v) is 16.0. The van der Waals surface area contributed by atoms with E-state index in [1.165, 1.54) is 4.90 Å². The van der Waals surface area contributed by atoms with Crippen LogP contribution >= 0.6 is 0 Å². The van der Waals surface area contributed by atoms with E-state index in [2.05, 4.69) is 5.32 Å². The van der Waals surface area contributed by atoms with Crippen molar-refractivity contribution < 1.29 is 19.1 Å². The number of ether oxygens (including phenoxy) is 1. The average molecular weight is 393 g/mol. The fourth-order valence-corrected chi connectivity index (χ4v) is 3.68. The van der Waals surface area contributed by atoms with Crippen molar-refractivity contribution in [3.8, 4) is 0 Å². The van der Waals surface area contributed by atoms with Crippen LogP contribution in [-0.4, -0.2) is 53.4 Å². The molecule has 2 saturated heterocycles. The van der Waals surface area contributed by atoms with Crippen LogP contribution in [0.1, 0.15) is 23.7 Å². The number of nitrogens with one attached hydrogen (secondary N) is 1. The Hall–Kier alpha value is -3.19. The summed E-state index contributed by atoms with van der Waals surface area (Å²) >= 11 is 0. The largest absolute Gasteiger partial charge is 0.370 e. The number of imide groups is 1. The molecule has 150 valence electrons. The predicted molar refractivity (Wildman–Crippen MR) is 106 cm³/mol. The van der Waals surface area contributed by atoms with Gasteiger partial charge < -0.3 is 15.0 Å². The Kier molecular flexibility index (Phi) is 5.57. The minimum Gasteiger partial charge on any atom is -0.370 e. The van der Waals surface area contributed by atoms with Crippen molar-refractivity contribution in [1.29, 1.82) is 0 Å². The van der Waals surface area contributed by atoms with Gasteiger partial charge >= 0.3 is 6.03 Å². The highest BCUT2D eigenvalue weighted by Gasteiger charge is 2.40. The molecule has 2 fully saturated rings. The Labute approximate surface area is 169 Å². The summed E-state index contributed by atoms with van der Waals surface area (Å²) < 4.78 is 5.80. The lowest BCUT2D eigenvalue weighted by Gasteiger charge is -2.33. The van der Waals surface area contributed by atoms with Gasteiger partial charge in [0.25, 0.3) is 5.91 Å². The van der Waals surface area contributed by atoms with E-state index in [1.54, 1.807) is 4.90 Å². The van der Waals surface area contributed by atoms with Crippen LogP contribution in [-0.2, 0) is 20.9 Å². The number of amides is 4. The first-order valence-electron chi connectivity index (χ1n) is 9.72. The Morgan fingerprint density at radius 3 is 2.45 bits per heavy atom. The number of rotatable bonds is 5. The molecule has 2 aromatic rings. The molecule has 4 rings (SSSR count). The Morgan fingerprint density at radius 1 is 1.03 bits per heavy atom. The molecule has 0 aliphatic carbocycles. The first-order valence-corrected chi connectivity index (χ1v) is 9.72. The van der Waals surface area contributed by atoms with Gasteiger partial charge in [0.2, 0.25) is 5.91 Å². The van der Waals surface area contributed by atoms with Crippen LogP contribution in [0.5, 0.6) is 0 Å². The Balaban J connectivity index is 1.37. The van der Waals surface area contributed by atoms with Gasteiger partial charge in [-0.2, -0.15) is 0 Å². The molecule has 7 heteroatoms. The smallest absolute Gasteiger partial charge is 0.325 e. The van der Waals surface area contributed by atoms with Crippen LogP contribution in [0, 0.1) is 0 Å². The molecule has 0 saturated carbocycles. The minimum absolute atomic E-state index is 0.0443. The number of urea groups is 1. The van der Waals surface area contributed by atoms with Crippen molar-refractivity contribution >= 4 is 17.8 Å². The fraction of sp³-hybridized carbons (Fsp3) is 0.318. The lowest BCUT2D eigenvalue weighted by atomic mass is 10.1. The number of nitrogens with zero attached hydrogens (tertiary/aromatic N) is 2. The first kappa shape index (κ1) is 19.1. The lowest BCUT2D eigenvalue weighted by molar-refractivity contribution is -0.141. The van der Waals surface area contributed by atoms with Crippen LogP contribution in [0.3, 0.4) is 0 Å². The van der Waals surface area contributed by atoms with Crippen molar-refractivity contribution in [3.05, 3.63) is 71.8 Å². The van der Waals surface area contributed by atoms with Crippen LogP contribution < -0.4 is 5.32 Å². The summed E-state index contributed by atoms with van der Waals surface area (Å²) in [4.78, 5) is 40.6. The van der Waals surface area contributed by atoms with Gasteiger partial charge in [0, 0.05) is 6.54 Å². The van der Waals surface area contributed by atoms with Gasteiger partial charge in [-0.05, 0) is 11.1 Å². The highest BCUT2D eigenvalue weighted by molar-refractivity contribution is 6.05. The molecule has 4 amide bonds. The molecule has 0 spiro atoms. The van der Waals surface area contributed by atoms with Gasteiger partial charge in [0.15, 0.2) is 0 Å². The zero-order valence-electron chi connectivity index (χ0n) is 16.0. The molecule has 2 aliphatic heterocycles. The Bertz CT molecular complexity index is 887. The summed E-state index contributed by atoms with van der Waals surface area (Å²) in [6.45, 7) is 1.55. The molecule has 1 N–H and O–H groups in total. The average Bonchev–Trinajstić information content (AvgIpc) is 3.02. The van der Waals surface area contributed by atoms with Crippen LogP contribution in [0.4, 0.5) is 4.79 Å². The maximum absolute atomic E-state index is 12.8. The second-order valence-electron chi connectivity index (χ2n) is 7.23. The van der Waals surface area contributed by atoms with E-state index in [0.717, 1.165) is 11.1 Å². The topological polar surface area (TPSA) is 79.0 Å². The molecule has 0 radical (unpaired) electrons. The number of hydrogen-bond acceptors (Lipinski definition) is 4. The molecule has 2 heterocycles. The molecule has 7 nitrogen and oxygen atoms in total. The number of hydrogen-bond donors (Lipinski definition) is 1. The summed E-state index contributed by atoms with van der Waals surface area (Å²) in [5, 5.41) is 2.65. The highest BCUT2D eigenvalue weighted by atomic mass is 16.5. The molecular formula is C22H23N3O4. The normalized spacial score (nSPS) is 21.9. The van der Waals surface area contributed by atoms with E-state index < -0.39 is 12.1 Å². The summed E-state index contributed by atoms with van der Waals surface area (Å²) in [6.07, 6.45) is -0.227. The van der Waals surface area contributed by atoms with E-state index in [0.29, 0.717) is 19.7 Å². The molecule has 0 unspecified atom stereocenters. The van der Waals surface area contributed by atoms with Gasteiger partial charge in [-0.1, -0.05) is 60.7 Å². The molecular weight excluding hydrogens is 370 g/mol. The van der Waals surface area contributed by atoms with Crippen molar-refractivity contribution in [2.24, 2.45) is 0 Å². The number of benzene rings is 2. The quantitative estimate of drug-likeness (QED) is 0.789. The highest BCUT2D eigenvalue weighted by Crippen LogP contribution is 2.23. The summed E-state index contributed by atoms with van der Waals surface area (Å²) in [5.41, 5.74) is 1.88. The van der Waals surface area contributed by atoms with Crippen LogP contribution in [0.2, 0.25) is 0 Å². The zero-order chi connectivity index (χ0) is 20.2. The third-order valence-electron chi connectivity index (χ3n) is 5.26. The summed E-state index contributed by atoms with van der Waals surface area (Å²) in [5.74, 6) is -0.519. The molecule has 29 heavy (non-hydrogen) atoms. The molecule has 2 aromatic carbocycles. The molecule has 0 aromatic heterocycles. The van der Waals surface area contributed by atoms with Crippen molar-refractivity contribution in [3.63, 3.8) is 0 Å². The predicted octanol–water partition coefficient (Wildman–Crippen LogP) is 2.10. The molecule has 2 aliphatic rings. The van der Waals surface area contributed by atoms with E-state index >= 15 is 0 Å². The van der Waals surface area contributed by atoms with E-state index in [-0.39, 0.29) is 30.9 Å². The molecule has 2 atom stereocenters. The Morgan fingerprint density at radius 2 is 1.72 bits per heavy atom. The van der Waals surface area contributed by atoms with Crippen LogP contribution in [0.25, 0.3) is 0 Å². The third-order valence-corrected chi connectivity index (χ3v) is 5.26. The maximum Gasteiger partial charge on any atom is 0.325 e. The first-order chi connectivity index (χ1) is 14.1. The van der Waals surface area contributed by atoms with Gasteiger partial charge in [0.1, 0.15) is 12.1 Å². The number of carbonyl (C=O) groups is 3. The number of morpholine rings is 1. The van der Waals surface area contributed by atoms with E-state index in [9.17, 15) is 14.4 Å². The second-order valence-corrected chi connectivity index (χ2v) is 7.23. The molecule has 0 bridgehead atoms. The van der Waals surface area contributed by atoms with E-state index in [4.69, 9.17) is 4.74 Å². The van der Waals surface area contributed by atoms with E-state index in [1.807, 2.05) is 60.7 Å². The van der Waals surface area contributed by atoms with Crippen molar-refractivity contribution in [2.45, 2.75) is 25.1 Å². The van der Waals surface area contributed by atoms with Gasteiger partial charge in [0.05, 0.1) is 26.1 Å².